The van der Waals surface area contributed by atoms with E-state index < -0.39 is 0 Å². The van der Waals surface area contributed by atoms with Crippen LogP contribution in [0.5, 0.6) is 0 Å². The molecule has 0 fully saturated rings. The molecule has 1 N–H and O–H groups in total. The second-order valence-electron chi connectivity index (χ2n) is 3.39. The Labute approximate surface area is 119 Å². The third-order valence-corrected chi connectivity index (χ3v) is 4.20. The molecule has 0 saturated carbocycles. The van der Waals surface area contributed by atoms with Crippen LogP contribution in [0.4, 0.5) is 0 Å². The van der Waals surface area contributed by atoms with Gasteiger partial charge < -0.3 is 5.32 Å². The van der Waals surface area contributed by atoms with Crippen LogP contribution in [0.25, 0.3) is 0 Å². The highest BCUT2D eigenvalue weighted by molar-refractivity contribution is 7.09. The molecule has 1 aromatic carbocycles. The van der Waals surface area contributed by atoms with E-state index in [1.165, 1.54) is 4.88 Å². The van der Waals surface area contributed by atoms with Gasteiger partial charge in [0, 0.05) is 34.7 Å². The topological polar surface area (TPSA) is 24.9 Å². The highest BCUT2D eigenvalue weighted by Crippen LogP contribution is 2.31. The molecule has 2 aromatic rings. The van der Waals surface area contributed by atoms with Crippen LogP contribution in [0.3, 0.4) is 0 Å². The Morgan fingerprint density at radius 2 is 1.88 bits per heavy atom. The number of benzene rings is 1. The van der Waals surface area contributed by atoms with Crippen molar-refractivity contribution in [3.63, 3.8) is 0 Å². The zero-order valence-corrected chi connectivity index (χ0v) is 11.8. The van der Waals surface area contributed by atoms with Gasteiger partial charge in [0.2, 0.25) is 0 Å². The first kappa shape index (κ1) is 13.1. The van der Waals surface area contributed by atoms with Crippen LogP contribution in [0.2, 0.25) is 15.1 Å². The zero-order chi connectivity index (χ0) is 12.3. The molecule has 0 saturated heterocycles. The van der Waals surface area contributed by atoms with Crippen LogP contribution in [0.1, 0.15) is 10.4 Å². The molecule has 6 heteroatoms. The van der Waals surface area contributed by atoms with Gasteiger partial charge in [0.05, 0.1) is 15.6 Å². The number of nitrogens with zero attached hydrogens (tertiary/aromatic N) is 1. The largest absolute Gasteiger partial charge is 0.308 e. The van der Waals surface area contributed by atoms with E-state index in [4.69, 9.17) is 34.8 Å². The molecule has 0 radical (unpaired) electrons. The Morgan fingerprint density at radius 1 is 1.12 bits per heavy atom. The summed E-state index contributed by atoms with van der Waals surface area (Å²) in [4.78, 5) is 5.17. The fourth-order valence-corrected chi connectivity index (χ4v) is 2.62. The molecule has 2 nitrogen and oxygen atoms in total. The van der Waals surface area contributed by atoms with Gasteiger partial charge in [-0.25, -0.2) is 0 Å². The Bertz CT molecular complexity index is 500. The maximum Gasteiger partial charge on any atom is 0.0794 e. The predicted molar refractivity (Wildman–Crippen MR) is 74.1 cm³/mol. The van der Waals surface area contributed by atoms with Gasteiger partial charge in [0.1, 0.15) is 0 Å². The van der Waals surface area contributed by atoms with Crippen LogP contribution in [-0.4, -0.2) is 4.98 Å². The Balaban J connectivity index is 2.01. The highest BCUT2D eigenvalue weighted by atomic mass is 35.5. The van der Waals surface area contributed by atoms with Crippen molar-refractivity contribution in [1.82, 2.24) is 10.3 Å². The number of hydrogen-bond acceptors (Lipinski definition) is 3. The molecule has 0 unspecified atom stereocenters. The van der Waals surface area contributed by atoms with Gasteiger partial charge >= 0.3 is 0 Å². The summed E-state index contributed by atoms with van der Waals surface area (Å²) < 4.78 is 0. The van der Waals surface area contributed by atoms with Gasteiger partial charge in [0.25, 0.3) is 0 Å². The van der Waals surface area contributed by atoms with Crippen LogP contribution >= 0.6 is 46.1 Å². The van der Waals surface area contributed by atoms with Gasteiger partial charge in [-0.3, -0.25) is 4.98 Å². The molecule has 0 aliphatic carbocycles. The molecule has 0 aliphatic heterocycles. The average molecular weight is 308 g/mol. The third kappa shape index (κ3) is 3.33. The summed E-state index contributed by atoms with van der Waals surface area (Å²) in [5, 5.41) is 4.91. The number of thiazole rings is 1. The molecule has 1 heterocycles. The second kappa shape index (κ2) is 6.03. The van der Waals surface area contributed by atoms with E-state index in [0.717, 1.165) is 12.1 Å². The summed E-state index contributed by atoms with van der Waals surface area (Å²) in [6.07, 6.45) is 1.83. The van der Waals surface area contributed by atoms with Gasteiger partial charge in [0.15, 0.2) is 0 Å². The first-order valence-electron chi connectivity index (χ1n) is 4.89. The molecule has 2 rings (SSSR count). The first-order chi connectivity index (χ1) is 8.18. The standard InChI is InChI=1S/C11H9Cl3N2S/c12-9-1-2-10(13)11(14)8(9)5-15-3-7-4-16-6-17-7/h1-2,4,6,15H,3,5H2. The lowest BCUT2D eigenvalue weighted by atomic mass is 10.2. The Kier molecular flexibility index (Phi) is 4.65. The molecule has 0 amide bonds. The van der Waals surface area contributed by atoms with E-state index in [-0.39, 0.29) is 0 Å². The van der Waals surface area contributed by atoms with E-state index >= 15 is 0 Å². The lowest BCUT2D eigenvalue weighted by Gasteiger charge is -2.09. The average Bonchev–Trinajstić information content (AvgIpc) is 2.81. The summed E-state index contributed by atoms with van der Waals surface area (Å²) in [7, 11) is 0. The van der Waals surface area contributed by atoms with Gasteiger partial charge in [-0.2, -0.15) is 0 Å². The van der Waals surface area contributed by atoms with Crippen LogP contribution in [-0.2, 0) is 13.1 Å². The van der Waals surface area contributed by atoms with E-state index in [9.17, 15) is 0 Å². The minimum absolute atomic E-state index is 0.510. The quantitative estimate of drug-likeness (QED) is 0.847. The second-order valence-corrected chi connectivity index (χ2v) is 5.56. The molecule has 1 aromatic heterocycles. The Morgan fingerprint density at radius 3 is 2.59 bits per heavy atom. The van der Waals surface area contributed by atoms with E-state index in [1.807, 2.05) is 6.20 Å². The van der Waals surface area contributed by atoms with Crippen molar-refractivity contribution in [3.8, 4) is 0 Å². The molecule has 0 aliphatic rings. The smallest absolute Gasteiger partial charge is 0.0794 e. The molecule has 0 atom stereocenters. The fourth-order valence-electron chi connectivity index (χ4n) is 1.37. The van der Waals surface area contributed by atoms with Crippen molar-refractivity contribution >= 4 is 46.1 Å². The van der Waals surface area contributed by atoms with Crippen LogP contribution in [0, 0.1) is 0 Å². The number of aromatic nitrogens is 1. The lowest BCUT2D eigenvalue weighted by molar-refractivity contribution is 0.700. The van der Waals surface area contributed by atoms with Crippen LogP contribution in [0.15, 0.2) is 23.8 Å². The summed E-state index contributed by atoms with van der Waals surface area (Å²) in [6.45, 7) is 1.32. The summed E-state index contributed by atoms with van der Waals surface area (Å²) in [6, 6.07) is 3.44. The molecule has 0 spiro atoms. The van der Waals surface area contributed by atoms with Crippen LogP contribution < -0.4 is 5.32 Å². The van der Waals surface area contributed by atoms with Gasteiger partial charge in [-0.15, -0.1) is 11.3 Å². The number of hydrogen-bond donors (Lipinski definition) is 1. The molecule has 17 heavy (non-hydrogen) atoms. The monoisotopic (exact) mass is 306 g/mol. The molecular formula is C11H9Cl3N2S. The van der Waals surface area contributed by atoms with Crippen molar-refractivity contribution in [2.24, 2.45) is 0 Å². The van der Waals surface area contributed by atoms with Crippen molar-refractivity contribution in [2.45, 2.75) is 13.1 Å². The summed E-state index contributed by atoms with van der Waals surface area (Å²) in [5.41, 5.74) is 2.63. The molecule has 90 valence electrons. The fraction of sp³-hybridized carbons (Fsp3) is 0.182. The molecule has 0 bridgehead atoms. The first-order valence-corrected chi connectivity index (χ1v) is 6.90. The summed E-state index contributed by atoms with van der Waals surface area (Å²) >= 11 is 19.7. The van der Waals surface area contributed by atoms with E-state index in [2.05, 4.69) is 10.3 Å². The van der Waals surface area contributed by atoms with Crippen molar-refractivity contribution in [2.75, 3.05) is 0 Å². The minimum atomic E-state index is 0.510. The normalized spacial score (nSPS) is 10.8. The van der Waals surface area contributed by atoms with E-state index in [0.29, 0.717) is 21.6 Å². The van der Waals surface area contributed by atoms with Crippen molar-refractivity contribution < 1.29 is 0 Å². The molecular weight excluding hydrogens is 299 g/mol. The maximum atomic E-state index is 6.09. The van der Waals surface area contributed by atoms with Crippen molar-refractivity contribution in [1.29, 1.82) is 0 Å². The van der Waals surface area contributed by atoms with E-state index in [1.54, 1.807) is 29.0 Å². The zero-order valence-electron chi connectivity index (χ0n) is 8.71. The number of rotatable bonds is 4. The summed E-state index contributed by atoms with van der Waals surface area (Å²) in [5.74, 6) is 0. The minimum Gasteiger partial charge on any atom is -0.308 e. The van der Waals surface area contributed by atoms with Gasteiger partial charge in [-0.05, 0) is 12.1 Å². The van der Waals surface area contributed by atoms with Gasteiger partial charge in [-0.1, -0.05) is 34.8 Å². The van der Waals surface area contributed by atoms with Crippen molar-refractivity contribution in [3.05, 3.63) is 49.3 Å². The maximum absolute atomic E-state index is 6.09. The number of halogens is 3. The third-order valence-electron chi connectivity index (χ3n) is 2.22. The highest BCUT2D eigenvalue weighted by Gasteiger charge is 2.09. The number of nitrogens with one attached hydrogen (secondary N) is 1. The lowest BCUT2D eigenvalue weighted by Crippen LogP contribution is -2.12. The predicted octanol–water partition coefficient (Wildman–Crippen LogP) is 4.39. The SMILES string of the molecule is Clc1ccc(Cl)c(CNCc2cncs2)c1Cl. The Hall–Kier alpha value is -0.320.